The molecule has 1 aromatic rings. The quantitative estimate of drug-likeness (QED) is 0.788. The largest absolute Gasteiger partial charge is 0.342 e. The maximum absolute atomic E-state index is 12.9. The predicted octanol–water partition coefficient (Wildman–Crippen LogP) is 3.88. The molecule has 0 spiro atoms. The zero-order chi connectivity index (χ0) is 17.9. The molecule has 1 atom stereocenters. The minimum Gasteiger partial charge on any atom is -0.342 e. The second kappa shape index (κ2) is 8.12. The van der Waals surface area contributed by atoms with Gasteiger partial charge in [-0.3, -0.25) is 9.59 Å². The van der Waals surface area contributed by atoms with Gasteiger partial charge in [0.2, 0.25) is 5.91 Å². The van der Waals surface area contributed by atoms with Crippen LogP contribution in [0.3, 0.4) is 0 Å². The first-order valence-electron chi connectivity index (χ1n) is 10.4. The molecule has 0 N–H and O–H groups in total. The molecule has 0 saturated carbocycles. The van der Waals surface area contributed by atoms with E-state index in [2.05, 4.69) is 11.0 Å². The third-order valence-corrected chi connectivity index (χ3v) is 7.43. The molecule has 26 heavy (non-hydrogen) atoms. The number of nitrogens with zero attached hydrogens (tertiary/aromatic N) is 2. The molecule has 2 fully saturated rings. The van der Waals surface area contributed by atoms with E-state index in [9.17, 15) is 9.59 Å². The maximum atomic E-state index is 12.9. The SMILES string of the molecule is O=C(c1cc2c(s1)CC[C@H](C(=O)N1CCCCC1)C2)N1CCCCCC1. The molecule has 0 radical (unpaired) electrons. The Labute approximate surface area is 160 Å². The molecule has 3 aliphatic rings. The molecular formula is C21H30N2O2S. The van der Waals surface area contributed by atoms with Crippen molar-refractivity contribution in [3.05, 3.63) is 21.4 Å². The fraction of sp³-hybridized carbons (Fsp3) is 0.714. The van der Waals surface area contributed by atoms with Crippen molar-refractivity contribution in [3.63, 3.8) is 0 Å². The van der Waals surface area contributed by atoms with E-state index in [1.54, 1.807) is 11.3 Å². The Bertz CT molecular complexity index is 655. The number of carbonyl (C=O) groups excluding carboxylic acids is 2. The lowest BCUT2D eigenvalue weighted by atomic mass is 9.87. The molecule has 5 heteroatoms. The Morgan fingerprint density at radius 2 is 1.50 bits per heavy atom. The van der Waals surface area contributed by atoms with E-state index < -0.39 is 0 Å². The highest BCUT2D eigenvalue weighted by molar-refractivity contribution is 7.14. The van der Waals surface area contributed by atoms with Crippen LogP contribution in [0.2, 0.25) is 0 Å². The zero-order valence-electron chi connectivity index (χ0n) is 15.7. The average Bonchev–Trinajstić information content (AvgIpc) is 2.92. The van der Waals surface area contributed by atoms with Gasteiger partial charge in [-0.05, 0) is 63.0 Å². The molecule has 4 nitrogen and oxygen atoms in total. The fourth-order valence-corrected chi connectivity index (χ4v) is 5.82. The highest BCUT2D eigenvalue weighted by Gasteiger charge is 2.31. The Morgan fingerprint density at radius 3 is 2.19 bits per heavy atom. The van der Waals surface area contributed by atoms with Crippen LogP contribution in [0.1, 0.15) is 71.5 Å². The van der Waals surface area contributed by atoms with Crippen LogP contribution in [0.25, 0.3) is 0 Å². The molecule has 0 unspecified atom stereocenters. The Balaban J connectivity index is 1.43. The van der Waals surface area contributed by atoms with E-state index in [4.69, 9.17) is 0 Å². The lowest BCUT2D eigenvalue weighted by Crippen LogP contribution is -2.41. The van der Waals surface area contributed by atoms with Crippen LogP contribution in [-0.2, 0) is 17.6 Å². The van der Waals surface area contributed by atoms with Gasteiger partial charge in [0, 0.05) is 37.0 Å². The first kappa shape index (κ1) is 18.0. The summed E-state index contributed by atoms with van der Waals surface area (Å²) in [7, 11) is 0. The van der Waals surface area contributed by atoms with Gasteiger partial charge < -0.3 is 9.80 Å². The number of aryl methyl sites for hydroxylation is 1. The fourth-order valence-electron chi connectivity index (χ4n) is 4.64. The Morgan fingerprint density at radius 1 is 0.885 bits per heavy atom. The molecule has 2 saturated heterocycles. The van der Waals surface area contributed by atoms with Crippen LogP contribution < -0.4 is 0 Å². The summed E-state index contributed by atoms with van der Waals surface area (Å²) < 4.78 is 0. The van der Waals surface area contributed by atoms with Crippen molar-refractivity contribution < 1.29 is 9.59 Å². The Hall–Kier alpha value is -1.36. The summed E-state index contributed by atoms with van der Waals surface area (Å²) in [5, 5.41) is 0. The number of hydrogen-bond donors (Lipinski definition) is 0. The molecule has 2 aliphatic heterocycles. The second-order valence-corrected chi connectivity index (χ2v) is 9.23. The number of likely N-dealkylation sites (tertiary alicyclic amines) is 2. The topological polar surface area (TPSA) is 40.6 Å². The first-order chi connectivity index (χ1) is 12.7. The maximum Gasteiger partial charge on any atom is 0.263 e. The van der Waals surface area contributed by atoms with Crippen molar-refractivity contribution in [2.75, 3.05) is 26.2 Å². The molecule has 1 aliphatic carbocycles. The van der Waals surface area contributed by atoms with Crippen LogP contribution >= 0.6 is 11.3 Å². The van der Waals surface area contributed by atoms with Crippen molar-refractivity contribution in [2.24, 2.45) is 5.92 Å². The van der Waals surface area contributed by atoms with Crippen molar-refractivity contribution >= 4 is 23.2 Å². The molecule has 0 bridgehead atoms. The number of fused-ring (bicyclic) bond motifs is 1. The van der Waals surface area contributed by atoms with Gasteiger partial charge in [-0.2, -0.15) is 0 Å². The van der Waals surface area contributed by atoms with E-state index in [1.807, 2.05) is 4.90 Å². The van der Waals surface area contributed by atoms with Gasteiger partial charge in [0.05, 0.1) is 4.88 Å². The summed E-state index contributed by atoms with van der Waals surface area (Å²) in [4.78, 5) is 32.1. The molecule has 3 heterocycles. The number of amides is 2. The molecule has 142 valence electrons. The average molecular weight is 375 g/mol. The standard InChI is InChI=1S/C21H30N2O2S/c24-20(22-10-6-3-7-11-22)16-8-9-18-17(14-16)15-19(26-18)21(25)23-12-4-1-2-5-13-23/h15-16H,1-14H2/t16-/m0/s1. The minimum absolute atomic E-state index is 0.122. The molecule has 2 amide bonds. The van der Waals surface area contributed by atoms with Crippen molar-refractivity contribution in [1.29, 1.82) is 0 Å². The van der Waals surface area contributed by atoms with E-state index >= 15 is 0 Å². The summed E-state index contributed by atoms with van der Waals surface area (Å²) in [6.07, 6.45) is 11.0. The van der Waals surface area contributed by atoms with Gasteiger partial charge in [0.25, 0.3) is 5.91 Å². The second-order valence-electron chi connectivity index (χ2n) is 8.09. The van der Waals surface area contributed by atoms with Crippen molar-refractivity contribution in [1.82, 2.24) is 9.80 Å². The lowest BCUT2D eigenvalue weighted by Gasteiger charge is -2.31. The normalized spacial score (nSPS) is 24.1. The Kier molecular flexibility index (Phi) is 5.63. The number of carbonyl (C=O) groups is 2. The predicted molar refractivity (Wildman–Crippen MR) is 105 cm³/mol. The van der Waals surface area contributed by atoms with E-state index in [1.165, 1.54) is 29.7 Å². The highest BCUT2D eigenvalue weighted by atomic mass is 32.1. The first-order valence-corrected chi connectivity index (χ1v) is 11.2. The molecular weight excluding hydrogens is 344 g/mol. The third kappa shape index (κ3) is 3.83. The monoisotopic (exact) mass is 374 g/mol. The summed E-state index contributed by atoms with van der Waals surface area (Å²) >= 11 is 1.68. The molecule has 4 rings (SSSR count). The van der Waals surface area contributed by atoms with Crippen LogP contribution in [0.4, 0.5) is 0 Å². The summed E-state index contributed by atoms with van der Waals surface area (Å²) in [5.41, 5.74) is 1.26. The van der Waals surface area contributed by atoms with Crippen LogP contribution in [0, 0.1) is 5.92 Å². The van der Waals surface area contributed by atoms with E-state index in [0.29, 0.717) is 5.91 Å². The van der Waals surface area contributed by atoms with Gasteiger partial charge >= 0.3 is 0 Å². The van der Waals surface area contributed by atoms with Gasteiger partial charge in [0.1, 0.15) is 0 Å². The highest BCUT2D eigenvalue weighted by Crippen LogP contribution is 2.34. The number of rotatable bonds is 2. The number of hydrogen-bond acceptors (Lipinski definition) is 3. The third-order valence-electron chi connectivity index (χ3n) is 6.20. The van der Waals surface area contributed by atoms with Crippen molar-refractivity contribution in [3.8, 4) is 0 Å². The molecule has 1 aromatic heterocycles. The van der Waals surface area contributed by atoms with Crippen LogP contribution in [0.15, 0.2) is 6.07 Å². The van der Waals surface area contributed by atoms with Crippen LogP contribution in [-0.4, -0.2) is 47.8 Å². The lowest BCUT2D eigenvalue weighted by molar-refractivity contribution is -0.136. The summed E-state index contributed by atoms with van der Waals surface area (Å²) in [6.45, 7) is 3.67. The van der Waals surface area contributed by atoms with Crippen molar-refractivity contribution in [2.45, 2.75) is 64.2 Å². The number of piperidine rings is 1. The van der Waals surface area contributed by atoms with Gasteiger partial charge in [-0.25, -0.2) is 0 Å². The molecule has 0 aromatic carbocycles. The van der Waals surface area contributed by atoms with E-state index in [-0.39, 0.29) is 11.8 Å². The van der Waals surface area contributed by atoms with E-state index in [0.717, 1.165) is 76.0 Å². The minimum atomic E-state index is 0.122. The zero-order valence-corrected chi connectivity index (χ0v) is 16.5. The summed E-state index contributed by atoms with van der Waals surface area (Å²) in [6, 6.07) is 2.10. The van der Waals surface area contributed by atoms with Gasteiger partial charge in [-0.1, -0.05) is 12.8 Å². The summed E-state index contributed by atoms with van der Waals surface area (Å²) in [5.74, 6) is 0.684. The van der Waals surface area contributed by atoms with Gasteiger partial charge in [-0.15, -0.1) is 11.3 Å². The van der Waals surface area contributed by atoms with Gasteiger partial charge in [0.15, 0.2) is 0 Å². The number of thiophene rings is 1. The van der Waals surface area contributed by atoms with Crippen LogP contribution in [0.5, 0.6) is 0 Å². The smallest absolute Gasteiger partial charge is 0.263 e.